The molecule has 3 heteroatoms. The van der Waals surface area contributed by atoms with Crippen LogP contribution >= 0.6 is 0 Å². The fourth-order valence-electron chi connectivity index (χ4n) is 2.20. The fourth-order valence-corrected chi connectivity index (χ4v) is 2.20. The van der Waals surface area contributed by atoms with Gasteiger partial charge in [0.25, 0.3) is 0 Å². The van der Waals surface area contributed by atoms with Gasteiger partial charge in [-0.3, -0.25) is 0 Å². The van der Waals surface area contributed by atoms with E-state index >= 15 is 0 Å². The zero-order chi connectivity index (χ0) is 15.8. The molecular weight excluding hydrogens is 272 g/mol. The van der Waals surface area contributed by atoms with Gasteiger partial charge >= 0.3 is 0 Å². The van der Waals surface area contributed by atoms with Crippen LogP contribution in [0, 0.1) is 0 Å². The Hall–Kier alpha value is -2.26. The van der Waals surface area contributed by atoms with Crippen LogP contribution in [0.3, 0.4) is 0 Å². The molecule has 2 N–H and O–H groups in total. The van der Waals surface area contributed by atoms with Crippen LogP contribution in [0.4, 0.5) is 5.69 Å². The van der Waals surface area contributed by atoms with E-state index in [0.717, 1.165) is 24.4 Å². The Kier molecular flexibility index (Phi) is 6.04. The van der Waals surface area contributed by atoms with Crippen LogP contribution in [0.2, 0.25) is 0 Å². The van der Waals surface area contributed by atoms with E-state index in [4.69, 9.17) is 4.74 Å². The van der Waals surface area contributed by atoms with Gasteiger partial charge in [0.2, 0.25) is 0 Å². The minimum atomic E-state index is 0.173. The van der Waals surface area contributed by atoms with Crippen molar-refractivity contribution >= 4 is 5.69 Å². The zero-order valence-electron chi connectivity index (χ0n) is 13.3. The monoisotopic (exact) mass is 296 g/mol. The molecule has 0 amide bonds. The highest BCUT2D eigenvalue weighted by molar-refractivity contribution is 5.42. The molecule has 0 aliphatic carbocycles. The van der Waals surface area contributed by atoms with E-state index in [1.165, 1.54) is 11.1 Å². The second kappa shape index (κ2) is 8.25. The number of benzene rings is 2. The molecule has 0 bridgehead atoms. The molecule has 2 aromatic carbocycles. The van der Waals surface area contributed by atoms with Gasteiger partial charge in [-0.05, 0) is 49.6 Å². The third-order valence-corrected chi connectivity index (χ3v) is 3.15. The Balaban J connectivity index is 1.98. The van der Waals surface area contributed by atoms with Gasteiger partial charge in [-0.25, -0.2) is 5.43 Å². The summed E-state index contributed by atoms with van der Waals surface area (Å²) in [5.74, 6) is 0.940. The Labute approximate surface area is 133 Å². The number of anilines is 1. The zero-order valence-corrected chi connectivity index (χ0v) is 13.3. The standard InChI is InChI=1S/C19H24N2O/c1-4-8-17-13-16(11-12-19(17)22-15(2)3)14-20-21-18-9-6-5-7-10-18/h4-7,9-13,15,20-21H,1,8,14H2,2-3H3. The number of hydrazine groups is 1. The third kappa shape index (κ3) is 4.93. The van der Waals surface area contributed by atoms with Crippen LogP contribution in [-0.2, 0) is 13.0 Å². The molecule has 116 valence electrons. The van der Waals surface area contributed by atoms with Crippen molar-refractivity contribution in [3.05, 3.63) is 72.3 Å². The lowest BCUT2D eigenvalue weighted by molar-refractivity contribution is 0.240. The number of ether oxygens (including phenoxy) is 1. The number of allylic oxidation sites excluding steroid dienone is 1. The van der Waals surface area contributed by atoms with E-state index in [9.17, 15) is 0 Å². The topological polar surface area (TPSA) is 33.3 Å². The highest BCUT2D eigenvalue weighted by Gasteiger charge is 2.06. The molecule has 0 aliphatic rings. The van der Waals surface area contributed by atoms with Crippen molar-refractivity contribution in [2.24, 2.45) is 0 Å². The second-order valence-corrected chi connectivity index (χ2v) is 5.45. The SMILES string of the molecule is C=CCc1cc(CNNc2ccccc2)ccc1OC(C)C. The van der Waals surface area contributed by atoms with Gasteiger partial charge in [-0.1, -0.05) is 36.4 Å². The Morgan fingerprint density at radius 1 is 1.14 bits per heavy atom. The van der Waals surface area contributed by atoms with E-state index in [2.05, 4.69) is 29.6 Å². The van der Waals surface area contributed by atoms with Gasteiger partial charge in [-0.15, -0.1) is 6.58 Å². The smallest absolute Gasteiger partial charge is 0.123 e. The first-order valence-corrected chi connectivity index (χ1v) is 7.62. The number of rotatable bonds is 8. The molecule has 0 aromatic heterocycles. The lowest BCUT2D eigenvalue weighted by Gasteiger charge is -2.15. The lowest BCUT2D eigenvalue weighted by Crippen LogP contribution is -2.20. The summed E-state index contributed by atoms with van der Waals surface area (Å²) in [4.78, 5) is 0. The van der Waals surface area contributed by atoms with Gasteiger partial charge in [0.15, 0.2) is 0 Å². The van der Waals surface area contributed by atoms with Crippen LogP contribution < -0.4 is 15.6 Å². The predicted molar refractivity (Wildman–Crippen MR) is 93.0 cm³/mol. The summed E-state index contributed by atoms with van der Waals surface area (Å²) in [5, 5.41) is 0. The number of hydrogen-bond donors (Lipinski definition) is 2. The van der Waals surface area contributed by atoms with Gasteiger partial charge in [0, 0.05) is 12.2 Å². The Morgan fingerprint density at radius 3 is 2.59 bits per heavy atom. The van der Waals surface area contributed by atoms with E-state index in [-0.39, 0.29) is 6.10 Å². The quantitative estimate of drug-likeness (QED) is 0.562. The predicted octanol–water partition coefficient (Wildman–Crippen LogP) is 4.32. The summed E-state index contributed by atoms with van der Waals surface area (Å²) in [6.45, 7) is 8.64. The molecule has 0 aliphatic heterocycles. The summed E-state index contributed by atoms with van der Waals surface area (Å²) >= 11 is 0. The van der Waals surface area contributed by atoms with Gasteiger partial charge in [0.1, 0.15) is 5.75 Å². The van der Waals surface area contributed by atoms with Crippen LogP contribution in [-0.4, -0.2) is 6.10 Å². The van der Waals surface area contributed by atoms with Crippen LogP contribution in [0.1, 0.15) is 25.0 Å². The van der Waals surface area contributed by atoms with Crippen LogP contribution in [0.15, 0.2) is 61.2 Å². The maximum absolute atomic E-state index is 5.84. The lowest BCUT2D eigenvalue weighted by atomic mass is 10.1. The molecule has 3 nitrogen and oxygen atoms in total. The summed E-state index contributed by atoms with van der Waals surface area (Å²) in [6, 6.07) is 16.3. The van der Waals surface area contributed by atoms with E-state index in [0.29, 0.717) is 0 Å². The van der Waals surface area contributed by atoms with Crippen LogP contribution in [0.25, 0.3) is 0 Å². The molecule has 0 fully saturated rings. The normalized spacial score (nSPS) is 10.5. The molecule has 0 unspecified atom stereocenters. The summed E-state index contributed by atoms with van der Waals surface area (Å²) in [5.41, 5.74) is 9.84. The average molecular weight is 296 g/mol. The number of nitrogens with one attached hydrogen (secondary N) is 2. The summed E-state index contributed by atoms with van der Waals surface area (Å²) in [6.07, 6.45) is 2.89. The molecule has 0 atom stereocenters. The Morgan fingerprint density at radius 2 is 1.91 bits per heavy atom. The maximum Gasteiger partial charge on any atom is 0.123 e. The van der Waals surface area contributed by atoms with Crippen molar-refractivity contribution in [3.8, 4) is 5.75 Å². The molecule has 0 saturated heterocycles. The largest absolute Gasteiger partial charge is 0.491 e. The molecule has 22 heavy (non-hydrogen) atoms. The minimum Gasteiger partial charge on any atom is -0.491 e. The highest BCUT2D eigenvalue weighted by Crippen LogP contribution is 2.22. The van der Waals surface area contributed by atoms with E-state index < -0.39 is 0 Å². The fraction of sp³-hybridized carbons (Fsp3) is 0.263. The van der Waals surface area contributed by atoms with Crippen LogP contribution in [0.5, 0.6) is 5.75 Å². The number of para-hydroxylation sites is 1. The van der Waals surface area contributed by atoms with Gasteiger partial charge in [-0.2, -0.15) is 0 Å². The van der Waals surface area contributed by atoms with Crippen molar-refractivity contribution < 1.29 is 4.74 Å². The molecule has 0 spiro atoms. The number of hydrogen-bond acceptors (Lipinski definition) is 3. The first-order valence-electron chi connectivity index (χ1n) is 7.62. The Bertz CT molecular complexity index is 594. The molecule has 0 heterocycles. The van der Waals surface area contributed by atoms with E-state index in [1.807, 2.05) is 56.3 Å². The highest BCUT2D eigenvalue weighted by atomic mass is 16.5. The maximum atomic E-state index is 5.84. The molecule has 0 saturated carbocycles. The van der Waals surface area contributed by atoms with Crippen molar-refractivity contribution in [2.45, 2.75) is 32.9 Å². The third-order valence-electron chi connectivity index (χ3n) is 3.15. The molecule has 2 aromatic rings. The first kappa shape index (κ1) is 16.1. The van der Waals surface area contributed by atoms with E-state index in [1.54, 1.807) is 0 Å². The summed E-state index contributed by atoms with van der Waals surface area (Å²) < 4.78 is 5.84. The van der Waals surface area contributed by atoms with Crippen molar-refractivity contribution in [2.75, 3.05) is 5.43 Å². The van der Waals surface area contributed by atoms with Crippen molar-refractivity contribution in [1.29, 1.82) is 0 Å². The van der Waals surface area contributed by atoms with Gasteiger partial charge < -0.3 is 10.2 Å². The molecule has 0 radical (unpaired) electrons. The summed E-state index contributed by atoms with van der Waals surface area (Å²) in [7, 11) is 0. The second-order valence-electron chi connectivity index (χ2n) is 5.45. The molecule has 2 rings (SSSR count). The van der Waals surface area contributed by atoms with Gasteiger partial charge in [0.05, 0.1) is 6.10 Å². The minimum absolute atomic E-state index is 0.173. The first-order chi connectivity index (χ1) is 10.7. The average Bonchev–Trinajstić information content (AvgIpc) is 2.51. The molecular formula is C19H24N2O. The van der Waals surface area contributed by atoms with Crippen molar-refractivity contribution in [1.82, 2.24) is 5.43 Å². The van der Waals surface area contributed by atoms with Crippen molar-refractivity contribution in [3.63, 3.8) is 0 Å².